The highest BCUT2D eigenvalue weighted by molar-refractivity contribution is 6.16. The van der Waals surface area contributed by atoms with Crippen LogP contribution in [-0.4, -0.2) is 23.9 Å². The van der Waals surface area contributed by atoms with Crippen LogP contribution in [0.3, 0.4) is 0 Å². The molecule has 1 unspecified atom stereocenters. The number of rotatable bonds is 6. The predicted octanol–water partition coefficient (Wildman–Crippen LogP) is 5.51. The summed E-state index contributed by atoms with van der Waals surface area (Å²) in [6.45, 7) is 10.3. The van der Waals surface area contributed by atoms with Crippen molar-refractivity contribution in [3.05, 3.63) is 71.0 Å². The topological polar surface area (TPSA) is 66.8 Å². The van der Waals surface area contributed by atoms with E-state index in [0.717, 1.165) is 11.1 Å². The zero-order valence-electron chi connectivity index (χ0n) is 19.1. The minimum absolute atomic E-state index is 0.0230. The van der Waals surface area contributed by atoms with Crippen molar-refractivity contribution in [3.63, 3.8) is 0 Å². The van der Waals surface area contributed by atoms with Gasteiger partial charge in [0.25, 0.3) is 5.91 Å². The fraction of sp³-hybridized carbons (Fsp3) is 0.385. The Bertz CT molecular complexity index is 1010. The van der Waals surface area contributed by atoms with Crippen molar-refractivity contribution in [1.82, 2.24) is 0 Å². The van der Waals surface area contributed by atoms with Gasteiger partial charge in [-0.05, 0) is 34.6 Å². The number of ether oxygens (including phenoxy) is 1. The van der Waals surface area contributed by atoms with E-state index in [4.69, 9.17) is 4.74 Å². The number of amides is 1. The lowest BCUT2D eigenvalue weighted by atomic mass is 9.85. The number of hydrogen-bond donors (Lipinski definition) is 1. The monoisotopic (exact) mass is 421 g/mol. The van der Waals surface area contributed by atoms with Gasteiger partial charge in [0.1, 0.15) is 5.75 Å². The lowest BCUT2D eigenvalue weighted by Gasteiger charge is -2.28. The molecule has 0 spiro atoms. The maximum absolute atomic E-state index is 13.1. The molecular weight excluding hydrogens is 390 g/mol. The number of aliphatic hydroxyl groups excluding tert-OH is 1. The Labute approximate surface area is 184 Å². The number of nitrogens with zero attached hydrogens (tertiary/aromatic N) is 1. The molecule has 0 aliphatic carbocycles. The van der Waals surface area contributed by atoms with Crippen LogP contribution in [0, 0.1) is 5.92 Å². The van der Waals surface area contributed by atoms with Gasteiger partial charge in [-0.15, -0.1) is 0 Å². The Morgan fingerprint density at radius 2 is 1.77 bits per heavy atom. The van der Waals surface area contributed by atoms with Crippen LogP contribution in [0.4, 0.5) is 5.69 Å². The van der Waals surface area contributed by atoms with Crippen molar-refractivity contribution >= 4 is 17.4 Å². The molecule has 1 heterocycles. The number of benzene rings is 2. The molecule has 3 rings (SSSR count). The van der Waals surface area contributed by atoms with E-state index in [2.05, 4.69) is 20.8 Å². The van der Waals surface area contributed by atoms with Gasteiger partial charge in [0.2, 0.25) is 0 Å². The fourth-order valence-electron chi connectivity index (χ4n) is 3.88. The number of hydrogen-bond acceptors (Lipinski definition) is 4. The molecule has 0 saturated carbocycles. The zero-order chi connectivity index (χ0) is 22.9. The molecule has 0 aromatic heterocycles. The van der Waals surface area contributed by atoms with E-state index < -0.39 is 17.7 Å². The highest BCUT2D eigenvalue weighted by Crippen LogP contribution is 2.42. The zero-order valence-corrected chi connectivity index (χ0v) is 19.1. The summed E-state index contributed by atoms with van der Waals surface area (Å²) in [4.78, 5) is 27.7. The van der Waals surface area contributed by atoms with Crippen LogP contribution in [0.5, 0.6) is 5.75 Å². The predicted molar refractivity (Wildman–Crippen MR) is 122 cm³/mol. The number of carbonyl (C=O) groups excluding carboxylic acids is 2. The van der Waals surface area contributed by atoms with E-state index in [9.17, 15) is 14.7 Å². The average molecular weight is 422 g/mol. The number of methoxy groups -OCH3 is 1. The summed E-state index contributed by atoms with van der Waals surface area (Å²) in [6, 6.07) is 14.3. The second-order valence-corrected chi connectivity index (χ2v) is 9.43. The molecule has 1 aliphatic heterocycles. The van der Waals surface area contributed by atoms with E-state index in [-0.39, 0.29) is 29.1 Å². The van der Waals surface area contributed by atoms with Crippen molar-refractivity contribution in [2.24, 2.45) is 5.92 Å². The first kappa shape index (κ1) is 22.6. The lowest BCUT2D eigenvalue weighted by Crippen LogP contribution is -2.31. The normalized spacial score (nSPS) is 16.9. The smallest absolute Gasteiger partial charge is 0.294 e. The van der Waals surface area contributed by atoms with Gasteiger partial charge in [0.05, 0.1) is 18.7 Å². The Morgan fingerprint density at radius 3 is 2.32 bits per heavy atom. The van der Waals surface area contributed by atoms with Crippen LogP contribution in [0.25, 0.3) is 0 Å². The van der Waals surface area contributed by atoms with Crippen molar-refractivity contribution in [2.75, 3.05) is 12.0 Å². The Morgan fingerprint density at radius 1 is 1.13 bits per heavy atom. The molecule has 1 amide bonds. The van der Waals surface area contributed by atoms with E-state index in [1.807, 2.05) is 38.1 Å². The van der Waals surface area contributed by atoms with Crippen molar-refractivity contribution < 1.29 is 19.4 Å². The van der Waals surface area contributed by atoms with Crippen LogP contribution < -0.4 is 9.64 Å². The van der Waals surface area contributed by atoms with Crippen LogP contribution in [0.15, 0.2) is 59.9 Å². The number of ketones is 1. The minimum Gasteiger partial charge on any atom is -0.503 e. The van der Waals surface area contributed by atoms with E-state index in [0.29, 0.717) is 11.4 Å². The third kappa shape index (κ3) is 4.50. The van der Waals surface area contributed by atoms with Crippen LogP contribution in [-0.2, 0) is 15.0 Å². The maximum Gasteiger partial charge on any atom is 0.294 e. The molecule has 31 heavy (non-hydrogen) atoms. The quantitative estimate of drug-likeness (QED) is 0.668. The summed E-state index contributed by atoms with van der Waals surface area (Å²) in [5, 5.41) is 10.8. The van der Waals surface area contributed by atoms with Crippen LogP contribution in [0.2, 0.25) is 0 Å². The first-order chi connectivity index (χ1) is 14.5. The molecular formula is C26H31NO4. The molecule has 0 saturated heterocycles. The second-order valence-electron chi connectivity index (χ2n) is 9.43. The van der Waals surface area contributed by atoms with E-state index in [1.54, 1.807) is 31.4 Å². The molecule has 5 heteroatoms. The molecule has 2 aromatic rings. The van der Waals surface area contributed by atoms with Gasteiger partial charge in [-0.3, -0.25) is 14.5 Å². The van der Waals surface area contributed by atoms with Gasteiger partial charge in [-0.2, -0.15) is 0 Å². The van der Waals surface area contributed by atoms with Gasteiger partial charge in [0.15, 0.2) is 11.5 Å². The molecule has 0 bridgehead atoms. The molecule has 5 nitrogen and oxygen atoms in total. The second kappa shape index (κ2) is 8.58. The van der Waals surface area contributed by atoms with Gasteiger partial charge in [-0.1, -0.05) is 65.0 Å². The summed E-state index contributed by atoms with van der Waals surface area (Å²) in [7, 11) is 1.56. The van der Waals surface area contributed by atoms with Gasteiger partial charge in [-0.25, -0.2) is 0 Å². The molecule has 1 aliphatic rings. The summed E-state index contributed by atoms with van der Waals surface area (Å²) < 4.78 is 5.32. The van der Waals surface area contributed by atoms with Gasteiger partial charge >= 0.3 is 0 Å². The number of anilines is 1. The fourth-order valence-corrected chi connectivity index (χ4v) is 3.88. The Balaban J connectivity index is 2.14. The largest absolute Gasteiger partial charge is 0.503 e. The molecule has 1 atom stereocenters. The van der Waals surface area contributed by atoms with E-state index in [1.165, 1.54) is 4.90 Å². The van der Waals surface area contributed by atoms with Crippen LogP contribution in [0.1, 0.15) is 58.2 Å². The number of aliphatic hydroxyl groups is 1. The van der Waals surface area contributed by atoms with Crippen LogP contribution >= 0.6 is 0 Å². The first-order valence-electron chi connectivity index (χ1n) is 10.6. The lowest BCUT2D eigenvalue weighted by molar-refractivity contribution is -0.118. The standard InChI is InChI=1S/C26H31NO4/c1-16(2)14-21(28)22-23(17-10-12-18(13-11-17)26(3,4)5)27(25(30)24(22)29)19-8-7-9-20(15-19)31-6/h7-13,15-16,23,29H,14H2,1-6H3. The van der Waals surface area contributed by atoms with E-state index >= 15 is 0 Å². The minimum atomic E-state index is -0.695. The highest BCUT2D eigenvalue weighted by atomic mass is 16.5. The Kier molecular flexibility index (Phi) is 6.25. The molecule has 2 aromatic carbocycles. The van der Waals surface area contributed by atoms with Gasteiger partial charge in [0, 0.05) is 18.2 Å². The van der Waals surface area contributed by atoms with Gasteiger partial charge < -0.3 is 9.84 Å². The third-order valence-corrected chi connectivity index (χ3v) is 5.53. The van der Waals surface area contributed by atoms with Crippen molar-refractivity contribution in [1.29, 1.82) is 0 Å². The molecule has 1 N–H and O–H groups in total. The first-order valence-corrected chi connectivity index (χ1v) is 10.6. The average Bonchev–Trinajstić information content (AvgIpc) is 2.98. The molecule has 0 fully saturated rings. The summed E-state index contributed by atoms with van der Waals surface area (Å²) in [5.74, 6) is -0.564. The SMILES string of the molecule is COc1cccc(N2C(=O)C(O)=C(C(=O)CC(C)C)C2c2ccc(C(C)(C)C)cc2)c1. The summed E-state index contributed by atoms with van der Waals surface area (Å²) >= 11 is 0. The van der Waals surface area contributed by atoms with Crippen molar-refractivity contribution in [3.8, 4) is 5.75 Å². The highest BCUT2D eigenvalue weighted by Gasteiger charge is 2.44. The molecule has 0 radical (unpaired) electrons. The number of carbonyl (C=O) groups is 2. The van der Waals surface area contributed by atoms with Crippen molar-refractivity contribution in [2.45, 2.75) is 52.5 Å². The summed E-state index contributed by atoms with van der Waals surface area (Å²) in [6.07, 6.45) is 0.259. The third-order valence-electron chi connectivity index (χ3n) is 5.53. The number of Topliss-reactive ketones (excluding diaryl/α,β-unsaturated/α-hetero) is 1. The summed E-state index contributed by atoms with van der Waals surface area (Å²) in [5.41, 5.74) is 2.63. The maximum atomic E-state index is 13.1. The Hall–Kier alpha value is -3.08. The molecule has 164 valence electrons.